The molecule has 5 heteroatoms. The normalized spacial score (nSPS) is 8.40. The fourth-order valence-electron chi connectivity index (χ4n) is 0.403. The van der Waals surface area contributed by atoms with Crippen molar-refractivity contribution in [3.8, 4) is 5.75 Å². The molecular formula is C5H8N2O2S. The molecular weight excluding hydrogens is 152 g/mol. The molecule has 0 aliphatic rings. The van der Waals surface area contributed by atoms with E-state index in [4.69, 9.17) is 5.11 Å². The number of hydrogen-bond acceptors (Lipinski definition) is 3. The lowest BCUT2D eigenvalue weighted by molar-refractivity contribution is 0.463. The molecule has 10 heavy (non-hydrogen) atoms. The smallest absolute Gasteiger partial charge is 0.293 e. The van der Waals surface area contributed by atoms with Gasteiger partial charge >= 0.3 is 0 Å². The average molecular weight is 160 g/mol. The van der Waals surface area contributed by atoms with Gasteiger partial charge in [0.25, 0.3) is 5.56 Å². The highest BCUT2D eigenvalue weighted by Gasteiger charge is 1.90. The molecule has 0 unspecified atom stereocenters. The Hall–Kier alpha value is -1.10. The highest BCUT2D eigenvalue weighted by atomic mass is 32.1. The van der Waals surface area contributed by atoms with Gasteiger partial charge in [-0.05, 0) is 12.2 Å². The molecule has 0 fully saturated rings. The zero-order chi connectivity index (χ0) is 6.85. The topological polar surface area (TPSA) is 68.9 Å². The lowest BCUT2D eigenvalue weighted by atomic mass is 10.6. The molecule has 1 aromatic rings. The van der Waals surface area contributed by atoms with Crippen molar-refractivity contribution < 1.29 is 5.11 Å². The van der Waals surface area contributed by atoms with Crippen LogP contribution in [0.5, 0.6) is 5.75 Å². The minimum absolute atomic E-state index is 0. The summed E-state index contributed by atoms with van der Waals surface area (Å²) < 4.78 is 0.206. The van der Waals surface area contributed by atoms with Gasteiger partial charge in [0.1, 0.15) is 0 Å². The minimum atomic E-state index is -0.571. The first-order valence-corrected chi connectivity index (χ1v) is 2.62. The number of hydrogen-bond donors (Lipinski definition) is 3. The number of nitrogens with one attached hydrogen (secondary N) is 2. The lowest BCUT2D eigenvalue weighted by Gasteiger charge is -1.85. The molecule has 0 radical (unpaired) electrons. The SMILES string of the molecule is C.O=c1[nH]c(=S)[nH]cc1O. The van der Waals surface area contributed by atoms with E-state index in [0.29, 0.717) is 0 Å². The van der Waals surface area contributed by atoms with E-state index in [1.807, 2.05) is 0 Å². The van der Waals surface area contributed by atoms with Crippen LogP contribution in [0.2, 0.25) is 0 Å². The highest BCUT2D eigenvalue weighted by Crippen LogP contribution is 1.90. The molecule has 0 aliphatic heterocycles. The van der Waals surface area contributed by atoms with Gasteiger partial charge in [-0.3, -0.25) is 9.78 Å². The Morgan fingerprint density at radius 2 is 2.20 bits per heavy atom. The van der Waals surface area contributed by atoms with Crippen LogP contribution in [-0.2, 0) is 0 Å². The van der Waals surface area contributed by atoms with Crippen LogP contribution in [0, 0.1) is 4.77 Å². The van der Waals surface area contributed by atoms with Gasteiger partial charge in [-0.1, -0.05) is 7.43 Å². The molecule has 1 rings (SSSR count). The van der Waals surface area contributed by atoms with E-state index in [0.717, 1.165) is 6.20 Å². The first-order chi connectivity index (χ1) is 4.20. The van der Waals surface area contributed by atoms with Crippen LogP contribution in [0.3, 0.4) is 0 Å². The summed E-state index contributed by atoms with van der Waals surface area (Å²) in [6, 6.07) is 0. The molecule has 0 spiro atoms. The summed E-state index contributed by atoms with van der Waals surface area (Å²) in [5.41, 5.74) is -0.571. The standard InChI is InChI=1S/C4H4N2O2S.CH4/c7-2-1-5-4(9)6-3(2)8;/h1,7H,(H2,5,6,8,9);1H4. The van der Waals surface area contributed by atoms with Crippen molar-refractivity contribution in [3.63, 3.8) is 0 Å². The number of rotatable bonds is 0. The Balaban J connectivity index is 0.000000810. The van der Waals surface area contributed by atoms with Gasteiger partial charge in [-0.25, -0.2) is 0 Å². The fourth-order valence-corrected chi connectivity index (χ4v) is 0.554. The van der Waals surface area contributed by atoms with E-state index >= 15 is 0 Å². The van der Waals surface area contributed by atoms with Crippen LogP contribution in [0.25, 0.3) is 0 Å². The fraction of sp³-hybridized carbons (Fsp3) is 0.200. The molecule has 0 saturated heterocycles. The predicted octanol–water partition coefficient (Wildman–Crippen LogP) is 0.774. The second-order valence-corrected chi connectivity index (χ2v) is 1.87. The predicted molar refractivity (Wildman–Crippen MR) is 40.6 cm³/mol. The van der Waals surface area contributed by atoms with Crippen LogP contribution in [0.1, 0.15) is 7.43 Å². The molecule has 0 aromatic carbocycles. The minimum Gasteiger partial charge on any atom is -0.502 e. The second kappa shape index (κ2) is 3.17. The number of aromatic nitrogens is 2. The van der Waals surface area contributed by atoms with Gasteiger partial charge in [0, 0.05) is 0 Å². The Morgan fingerprint density at radius 1 is 1.60 bits per heavy atom. The zero-order valence-corrected chi connectivity index (χ0v) is 5.16. The Bertz CT molecular complexity index is 314. The number of H-pyrrole nitrogens is 2. The molecule has 0 amide bonds. The highest BCUT2D eigenvalue weighted by molar-refractivity contribution is 7.71. The number of aromatic amines is 2. The van der Waals surface area contributed by atoms with E-state index in [1.165, 1.54) is 0 Å². The van der Waals surface area contributed by atoms with Crippen LogP contribution in [0.4, 0.5) is 0 Å². The summed E-state index contributed by atoms with van der Waals surface area (Å²) in [6.07, 6.45) is 1.14. The summed E-state index contributed by atoms with van der Waals surface area (Å²) in [5.74, 6) is -0.358. The van der Waals surface area contributed by atoms with Crippen LogP contribution in [0.15, 0.2) is 11.0 Å². The van der Waals surface area contributed by atoms with Crippen LogP contribution >= 0.6 is 12.2 Å². The maximum absolute atomic E-state index is 10.4. The van der Waals surface area contributed by atoms with Crippen molar-refractivity contribution in [2.45, 2.75) is 7.43 Å². The van der Waals surface area contributed by atoms with Crippen LogP contribution in [-0.4, -0.2) is 15.1 Å². The molecule has 0 atom stereocenters. The quantitative estimate of drug-likeness (QED) is 0.491. The third kappa shape index (κ3) is 1.70. The molecule has 0 saturated carbocycles. The summed E-state index contributed by atoms with van der Waals surface area (Å²) in [5, 5.41) is 8.62. The van der Waals surface area contributed by atoms with Gasteiger partial charge in [0.15, 0.2) is 10.5 Å². The van der Waals surface area contributed by atoms with Crippen molar-refractivity contribution in [1.82, 2.24) is 9.97 Å². The Kier molecular flexibility index (Phi) is 2.82. The molecule has 0 bridgehead atoms. The molecule has 56 valence electrons. The summed E-state index contributed by atoms with van der Waals surface area (Å²) in [4.78, 5) is 15.1. The zero-order valence-electron chi connectivity index (χ0n) is 4.34. The largest absolute Gasteiger partial charge is 0.502 e. The van der Waals surface area contributed by atoms with E-state index in [1.54, 1.807) is 0 Å². The Morgan fingerprint density at radius 3 is 2.60 bits per heavy atom. The Labute approximate surface area is 62.6 Å². The first kappa shape index (κ1) is 8.90. The lowest BCUT2D eigenvalue weighted by Crippen LogP contribution is -2.04. The second-order valence-electron chi connectivity index (χ2n) is 1.46. The molecule has 3 N–H and O–H groups in total. The molecule has 0 aliphatic carbocycles. The van der Waals surface area contributed by atoms with Gasteiger partial charge in [-0.15, -0.1) is 0 Å². The first-order valence-electron chi connectivity index (χ1n) is 2.21. The van der Waals surface area contributed by atoms with Crippen molar-refractivity contribution in [2.24, 2.45) is 0 Å². The van der Waals surface area contributed by atoms with Gasteiger partial charge in [0.2, 0.25) is 0 Å². The van der Waals surface area contributed by atoms with E-state index in [9.17, 15) is 4.79 Å². The molecule has 1 aromatic heterocycles. The molecule has 1 heterocycles. The summed E-state index contributed by atoms with van der Waals surface area (Å²) in [6.45, 7) is 0. The maximum atomic E-state index is 10.4. The molecule has 4 nitrogen and oxygen atoms in total. The summed E-state index contributed by atoms with van der Waals surface area (Å²) in [7, 11) is 0. The van der Waals surface area contributed by atoms with Crippen molar-refractivity contribution in [2.75, 3.05) is 0 Å². The van der Waals surface area contributed by atoms with Crippen LogP contribution < -0.4 is 5.56 Å². The van der Waals surface area contributed by atoms with E-state index in [2.05, 4.69) is 22.2 Å². The van der Waals surface area contributed by atoms with Crippen molar-refractivity contribution in [1.29, 1.82) is 0 Å². The van der Waals surface area contributed by atoms with Crippen molar-refractivity contribution >= 4 is 12.2 Å². The maximum Gasteiger partial charge on any atom is 0.293 e. The van der Waals surface area contributed by atoms with Gasteiger partial charge < -0.3 is 10.1 Å². The third-order valence-corrected chi connectivity index (χ3v) is 1.02. The number of aromatic hydroxyl groups is 1. The summed E-state index contributed by atoms with van der Waals surface area (Å²) >= 11 is 4.54. The van der Waals surface area contributed by atoms with Crippen molar-refractivity contribution in [3.05, 3.63) is 21.3 Å². The van der Waals surface area contributed by atoms with Gasteiger partial charge in [0.05, 0.1) is 6.20 Å². The third-order valence-electron chi connectivity index (χ3n) is 0.800. The van der Waals surface area contributed by atoms with E-state index in [-0.39, 0.29) is 17.9 Å². The van der Waals surface area contributed by atoms with Gasteiger partial charge in [-0.2, -0.15) is 0 Å². The average Bonchev–Trinajstić information content (AvgIpc) is 1.80. The monoisotopic (exact) mass is 160 g/mol. The van der Waals surface area contributed by atoms with E-state index < -0.39 is 5.56 Å².